The molecule has 0 aliphatic heterocycles. The Morgan fingerprint density at radius 2 is 0.981 bits per heavy atom. The maximum atomic E-state index is 5.41. The average Bonchev–Trinajstić information content (AvgIpc) is 3.77. The second kappa shape index (κ2) is 11.2. The van der Waals surface area contributed by atoms with Gasteiger partial charge in [-0.2, -0.15) is 0 Å². The third-order valence-corrected chi connectivity index (χ3v) is 10.5. The van der Waals surface area contributed by atoms with E-state index in [0.717, 1.165) is 55.3 Å². The first-order valence-corrected chi connectivity index (χ1v) is 17.7. The van der Waals surface area contributed by atoms with Gasteiger partial charge in [0.05, 0.1) is 33.1 Å². The van der Waals surface area contributed by atoms with Crippen LogP contribution in [0.4, 0.5) is 0 Å². The minimum atomic E-state index is 0.707. The molecule has 0 saturated heterocycles. The van der Waals surface area contributed by atoms with E-state index in [1.807, 2.05) is 18.2 Å². The SMILES string of the molecule is c1ccc(-c2ccc3c(c2)c2ccccc2n3-c2ccc3cc4c5ccccc5c5c(-c6ccccc6)nc(-c6ccccc6)nc5n4c3c2)cc1. The molecule has 0 fully saturated rings. The first kappa shape index (κ1) is 28.8. The van der Waals surface area contributed by atoms with E-state index in [0.29, 0.717) is 5.82 Å². The molecule has 0 saturated carbocycles. The maximum Gasteiger partial charge on any atom is 0.162 e. The highest BCUT2D eigenvalue weighted by Crippen LogP contribution is 2.40. The highest BCUT2D eigenvalue weighted by molar-refractivity contribution is 6.19. The van der Waals surface area contributed by atoms with Crippen molar-refractivity contribution in [2.45, 2.75) is 0 Å². The second-order valence-corrected chi connectivity index (χ2v) is 13.4. The van der Waals surface area contributed by atoms with E-state index in [4.69, 9.17) is 9.97 Å². The monoisotopic (exact) mass is 662 g/mol. The van der Waals surface area contributed by atoms with Crippen LogP contribution >= 0.6 is 0 Å². The molecule has 0 unspecified atom stereocenters. The molecule has 4 heteroatoms. The van der Waals surface area contributed by atoms with Gasteiger partial charge in [0.1, 0.15) is 5.65 Å². The van der Waals surface area contributed by atoms with E-state index in [-0.39, 0.29) is 0 Å². The van der Waals surface area contributed by atoms with Crippen molar-refractivity contribution in [1.82, 2.24) is 18.9 Å². The van der Waals surface area contributed by atoms with E-state index < -0.39 is 0 Å². The zero-order valence-electron chi connectivity index (χ0n) is 28.1. The van der Waals surface area contributed by atoms with E-state index in [1.165, 1.54) is 38.3 Å². The summed E-state index contributed by atoms with van der Waals surface area (Å²) in [5.74, 6) is 0.707. The summed E-state index contributed by atoms with van der Waals surface area (Å²) in [6.07, 6.45) is 0. The minimum Gasteiger partial charge on any atom is -0.309 e. The lowest BCUT2D eigenvalue weighted by molar-refractivity contribution is 1.16. The van der Waals surface area contributed by atoms with Gasteiger partial charge in [-0.3, -0.25) is 4.40 Å². The van der Waals surface area contributed by atoms with E-state index in [1.54, 1.807) is 0 Å². The standard InChI is InChI=1S/C48H30N4/c1-4-14-31(15-5-1)34-25-27-42-40(28-34)38-21-12-13-23-41(38)51(42)36-26-24-35-29-44-37-20-10-11-22-39(37)45-46(32-16-6-2-7-17-32)49-47(33-18-8-3-9-19-33)50-48(45)52(44)43(35)30-36/h1-30H. The Bertz CT molecular complexity index is 3160. The molecule has 4 nitrogen and oxygen atoms in total. The fourth-order valence-corrected chi connectivity index (χ4v) is 8.12. The van der Waals surface area contributed by atoms with Gasteiger partial charge in [-0.05, 0) is 52.9 Å². The van der Waals surface area contributed by atoms with Crippen LogP contribution in [0.1, 0.15) is 0 Å². The van der Waals surface area contributed by atoms with Crippen LogP contribution in [0.2, 0.25) is 0 Å². The Balaban J connectivity index is 1.25. The quantitative estimate of drug-likeness (QED) is 0.176. The Morgan fingerprint density at radius 1 is 0.365 bits per heavy atom. The van der Waals surface area contributed by atoms with Gasteiger partial charge in [0, 0.05) is 38.4 Å². The van der Waals surface area contributed by atoms with E-state index >= 15 is 0 Å². The number of aromatic nitrogens is 4. The molecule has 0 aliphatic rings. The summed E-state index contributed by atoms with van der Waals surface area (Å²) >= 11 is 0. The summed E-state index contributed by atoms with van der Waals surface area (Å²) in [7, 11) is 0. The van der Waals surface area contributed by atoms with Crippen molar-refractivity contribution < 1.29 is 0 Å². The molecule has 0 atom stereocenters. The Hall–Kier alpha value is -7.04. The molecule has 0 bridgehead atoms. The van der Waals surface area contributed by atoms with E-state index in [9.17, 15) is 0 Å². The molecule has 0 aliphatic carbocycles. The lowest BCUT2D eigenvalue weighted by Gasteiger charge is -2.15. The molecule has 4 heterocycles. The van der Waals surface area contributed by atoms with Crippen molar-refractivity contribution >= 4 is 60.0 Å². The van der Waals surface area contributed by atoms with Gasteiger partial charge in [0.2, 0.25) is 0 Å². The molecule has 4 aromatic heterocycles. The normalized spacial score (nSPS) is 11.8. The van der Waals surface area contributed by atoms with Crippen LogP contribution in [0.3, 0.4) is 0 Å². The van der Waals surface area contributed by atoms with Crippen LogP contribution in [0, 0.1) is 0 Å². The fourth-order valence-electron chi connectivity index (χ4n) is 8.12. The smallest absolute Gasteiger partial charge is 0.162 e. The number of pyridine rings is 1. The van der Waals surface area contributed by atoms with Gasteiger partial charge in [-0.1, -0.05) is 146 Å². The van der Waals surface area contributed by atoms with Crippen molar-refractivity contribution in [3.8, 4) is 39.5 Å². The number of hydrogen-bond acceptors (Lipinski definition) is 2. The molecular weight excluding hydrogens is 633 g/mol. The van der Waals surface area contributed by atoms with Gasteiger partial charge >= 0.3 is 0 Å². The summed E-state index contributed by atoms with van der Waals surface area (Å²) in [6, 6.07) is 64.8. The minimum absolute atomic E-state index is 0.707. The van der Waals surface area contributed by atoms with Gasteiger partial charge in [-0.25, -0.2) is 9.97 Å². The maximum absolute atomic E-state index is 5.41. The highest BCUT2D eigenvalue weighted by Gasteiger charge is 2.21. The summed E-state index contributed by atoms with van der Waals surface area (Å²) in [5.41, 5.74) is 12.0. The molecule has 0 amide bonds. The molecule has 0 spiro atoms. The number of nitrogens with zero attached hydrogens (tertiary/aromatic N) is 4. The molecule has 11 aromatic rings. The van der Waals surface area contributed by atoms with Gasteiger partial charge in [0.25, 0.3) is 0 Å². The molecule has 7 aromatic carbocycles. The van der Waals surface area contributed by atoms with Gasteiger partial charge in [0.15, 0.2) is 5.82 Å². The predicted octanol–water partition coefficient (Wildman–Crippen LogP) is 12.3. The van der Waals surface area contributed by atoms with Crippen LogP contribution in [0.5, 0.6) is 0 Å². The number of fused-ring (bicyclic) bond motifs is 11. The van der Waals surface area contributed by atoms with Crippen LogP contribution in [-0.2, 0) is 0 Å². The summed E-state index contributed by atoms with van der Waals surface area (Å²) in [6.45, 7) is 0. The van der Waals surface area contributed by atoms with Crippen molar-refractivity contribution in [2.75, 3.05) is 0 Å². The Morgan fingerprint density at radius 3 is 1.73 bits per heavy atom. The zero-order chi connectivity index (χ0) is 34.2. The van der Waals surface area contributed by atoms with Crippen LogP contribution < -0.4 is 0 Å². The van der Waals surface area contributed by atoms with Crippen LogP contribution in [0.15, 0.2) is 182 Å². The summed E-state index contributed by atoms with van der Waals surface area (Å²) < 4.78 is 4.76. The number of benzene rings is 7. The van der Waals surface area contributed by atoms with Crippen molar-refractivity contribution in [3.05, 3.63) is 182 Å². The second-order valence-electron chi connectivity index (χ2n) is 13.4. The lowest BCUT2D eigenvalue weighted by atomic mass is 10.0. The highest BCUT2D eigenvalue weighted by atomic mass is 15.0. The molecular formula is C48H30N4. The van der Waals surface area contributed by atoms with Crippen LogP contribution in [0.25, 0.3) is 99.5 Å². The first-order chi connectivity index (χ1) is 25.8. The predicted molar refractivity (Wildman–Crippen MR) is 216 cm³/mol. The molecule has 11 rings (SSSR count). The number of hydrogen-bond donors (Lipinski definition) is 0. The first-order valence-electron chi connectivity index (χ1n) is 17.7. The largest absolute Gasteiger partial charge is 0.309 e. The van der Waals surface area contributed by atoms with E-state index in [2.05, 4.69) is 173 Å². The Kier molecular flexibility index (Phi) is 6.22. The molecule has 0 radical (unpaired) electrons. The van der Waals surface area contributed by atoms with Gasteiger partial charge in [-0.15, -0.1) is 0 Å². The Labute approximate surface area is 299 Å². The molecule has 0 N–H and O–H groups in total. The van der Waals surface area contributed by atoms with Crippen molar-refractivity contribution in [1.29, 1.82) is 0 Å². The molecule has 52 heavy (non-hydrogen) atoms. The number of rotatable bonds is 4. The summed E-state index contributed by atoms with van der Waals surface area (Å²) in [5, 5.41) is 6.99. The lowest BCUT2D eigenvalue weighted by Crippen LogP contribution is -2.01. The van der Waals surface area contributed by atoms with Gasteiger partial charge < -0.3 is 4.57 Å². The average molecular weight is 663 g/mol. The summed E-state index contributed by atoms with van der Waals surface area (Å²) in [4.78, 5) is 10.7. The fraction of sp³-hybridized carbons (Fsp3) is 0. The van der Waals surface area contributed by atoms with Crippen LogP contribution in [-0.4, -0.2) is 18.9 Å². The zero-order valence-corrected chi connectivity index (χ0v) is 28.1. The number of para-hydroxylation sites is 1. The molecule has 242 valence electrons. The third kappa shape index (κ3) is 4.28. The van der Waals surface area contributed by atoms with Crippen molar-refractivity contribution in [2.24, 2.45) is 0 Å². The third-order valence-electron chi connectivity index (χ3n) is 10.5. The topological polar surface area (TPSA) is 35.1 Å². The van der Waals surface area contributed by atoms with Crippen molar-refractivity contribution in [3.63, 3.8) is 0 Å².